The number of carbonyl (C=O) groups excluding carboxylic acids is 3. The van der Waals surface area contributed by atoms with Crippen LogP contribution in [0.4, 0.5) is 4.79 Å². The summed E-state index contributed by atoms with van der Waals surface area (Å²) >= 11 is 0. The molecular weight excluding hydrogens is 400 g/mol. The molecule has 0 radical (unpaired) electrons. The maximum atomic E-state index is 13.0. The Morgan fingerprint density at radius 3 is 2.29 bits per heavy atom. The normalized spacial score (nSPS) is 23.6. The van der Waals surface area contributed by atoms with Crippen molar-refractivity contribution >= 4 is 17.9 Å². The van der Waals surface area contributed by atoms with Crippen molar-refractivity contribution in [2.24, 2.45) is 11.3 Å². The lowest BCUT2D eigenvalue weighted by Gasteiger charge is -2.40. The number of carbonyl (C=O) groups is 3. The highest BCUT2D eigenvalue weighted by Crippen LogP contribution is 2.43. The van der Waals surface area contributed by atoms with Gasteiger partial charge < -0.3 is 19.5 Å². The first-order chi connectivity index (χ1) is 14.6. The molecule has 2 aliphatic rings. The molecule has 8 heteroatoms. The largest absolute Gasteiger partial charge is 0.497 e. The first-order valence-electron chi connectivity index (χ1n) is 10.7. The molecule has 8 nitrogen and oxygen atoms in total. The van der Waals surface area contributed by atoms with Crippen LogP contribution in [0.3, 0.4) is 0 Å². The van der Waals surface area contributed by atoms with Crippen molar-refractivity contribution < 1.29 is 28.6 Å². The molecule has 1 heterocycles. The van der Waals surface area contributed by atoms with Crippen LogP contribution in [0.15, 0.2) is 24.3 Å². The zero-order valence-electron chi connectivity index (χ0n) is 18.7. The average molecular weight is 433 g/mol. The number of nitrogens with one attached hydrogen (secondary N) is 1. The van der Waals surface area contributed by atoms with Crippen LogP contribution in [-0.2, 0) is 14.3 Å². The predicted molar refractivity (Wildman–Crippen MR) is 114 cm³/mol. The molecule has 3 rings (SSSR count). The number of hydrogen-bond donors (Lipinski definition) is 1. The highest BCUT2D eigenvalue weighted by atomic mass is 16.6. The Balaban J connectivity index is 1.44. The van der Waals surface area contributed by atoms with E-state index in [0.29, 0.717) is 24.5 Å². The molecule has 1 aliphatic carbocycles. The average Bonchev–Trinajstić information content (AvgIpc) is 2.95. The molecule has 0 unspecified atom stereocenters. The van der Waals surface area contributed by atoms with Crippen LogP contribution in [0.1, 0.15) is 46.5 Å². The van der Waals surface area contributed by atoms with Gasteiger partial charge in [0.25, 0.3) is 5.91 Å². The van der Waals surface area contributed by atoms with Gasteiger partial charge in [0.15, 0.2) is 0 Å². The molecule has 0 atom stereocenters. The zero-order chi connectivity index (χ0) is 22.6. The Morgan fingerprint density at radius 1 is 1.10 bits per heavy atom. The number of esters is 1. The third-order valence-corrected chi connectivity index (χ3v) is 6.27. The fraction of sp³-hybridized carbons (Fsp3) is 0.609. The second-order valence-electron chi connectivity index (χ2n) is 9.29. The van der Waals surface area contributed by atoms with E-state index in [1.54, 1.807) is 31.4 Å². The van der Waals surface area contributed by atoms with Crippen molar-refractivity contribution in [1.29, 1.82) is 0 Å². The van der Waals surface area contributed by atoms with Gasteiger partial charge in [-0.3, -0.25) is 14.5 Å². The summed E-state index contributed by atoms with van der Waals surface area (Å²) in [4.78, 5) is 38.5. The van der Waals surface area contributed by atoms with Crippen LogP contribution in [0, 0.1) is 11.3 Å². The minimum Gasteiger partial charge on any atom is -0.497 e. The Labute approximate surface area is 183 Å². The van der Waals surface area contributed by atoms with Crippen molar-refractivity contribution in [3.8, 4) is 11.5 Å². The third-order valence-electron chi connectivity index (χ3n) is 6.27. The first kappa shape index (κ1) is 22.9. The summed E-state index contributed by atoms with van der Waals surface area (Å²) in [6, 6.07) is 6.52. The minimum absolute atomic E-state index is 0.0208. The van der Waals surface area contributed by atoms with E-state index in [1.165, 1.54) is 0 Å². The summed E-state index contributed by atoms with van der Waals surface area (Å²) in [6.07, 6.45) is 2.94. The number of nitrogens with zero attached hydrogens (tertiary/aromatic N) is 1. The second-order valence-corrected chi connectivity index (χ2v) is 9.29. The van der Waals surface area contributed by atoms with E-state index < -0.39 is 24.1 Å². The van der Waals surface area contributed by atoms with Crippen LogP contribution in [0.25, 0.3) is 0 Å². The highest BCUT2D eigenvalue weighted by molar-refractivity contribution is 6.08. The quantitative estimate of drug-likeness (QED) is 0.404. The Kier molecular flexibility index (Phi) is 6.77. The van der Waals surface area contributed by atoms with Gasteiger partial charge in [-0.05, 0) is 61.3 Å². The molecule has 0 aromatic heterocycles. The summed E-state index contributed by atoms with van der Waals surface area (Å²) in [7, 11) is 1.58. The molecule has 1 spiro atoms. The van der Waals surface area contributed by atoms with E-state index in [4.69, 9.17) is 14.2 Å². The molecule has 1 saturated carbocycles. The Bertz CT molecular complexity index is 806. The van der Waals surface area contributed by atoms with Crippen LogP contribution in [-0.4, -0.2) is 55.2 Å². The van der Waals surface area contributed by atoms with E-state index in [-0.39, 0.29) is 24.5 Å². The molecule has 0 bridgehead atoms. The lowest BCUT2D eigenvalue weighted by atomic mass is 9.67. The van der Waals surface area contributed by atoms with Crippen molar-refractivity contribution in [2.45, 2.75) is 52.0 Å². The monoisotopic (exact) mass is 432 g/mol. The Morgan fingerprint density at radius 2 is 1.71 bits per heavy atom. The summed E-state index contributed by atoms with van der Waals surface area (Å²) in [6.45, 7) is 6.39. The van der Waals surface area contributed by atoms with Crippen molar-refractivity contribution in [3.05, 3.63) is 24.3 Å². The van der Waals surface area contributed by atoms with E-state index in [2.05, 4.69) is 26.1 Å². The van der Waals surface area contributed by atoms with Gasteiger partial charge in [-0.15, -0.1) is 0 Å². The minimum atomic E-state index is -0.878. The van der Waals surface area contributed by atoms with Crippen LogP contribution < -0.4 is 14.8 Å². The van der Waals surface area contributed by atoms with E-state index in [0.717, 1.165) is 23.5 Å². The third kappa shape index (κ3) is 5.29. The molecule has 2 fully saturated rings. The topological polar surface area (TPSA) is 94.2 Å². The zero-order valence-corrected chi connectivity index (χ0v) is 18.7. The number of benzene rings is 1. The molecule has 170 valence electrons. The molecule has 3 amide bonds. The van der Waals surface area contributed by atoms with Crippen molar-refractivity contribution in [2.75, 3.05) is 26.9 Å². The van der Waals surface area contributed by atoms with Gasteiger partial charge in [0.2, 0.25) is 0 Å². The lowest BCUT2D eigenvalue weighted by Crippen LogP contribution is -2.50. The van der Waals surface area contributed by atoms with Crippen molar-refractivity contribution in [1.82, 2.24) is 10.2 Å². The van der Waals surface area contributed by atoms with E-state index in [9.17, 15) is 14.4 Å². The summed E-state index contributed by atoms with van der Waals surface area (Å²) in [5.41, 5.74) is -0.707. The molecule has 1 N–H and O–H groups in total. The summed E-state index contributed by atoms with van der Waals surface area (Å²) < 4.78 is 15.7. The fourth-order valence-electron chi connectivity index (χ4n) is 4.30. The van der Waals surface area contributed by atoms with E-state index in [1.807, 2.05) is 0 Å². The van der Waals surface area contributed by atoms with Gasteiger partial charge in [0, 0.05) is 0 Å². The summed E-state index contributed by atoms with van der Waals surface area (Å²) in [5.74, 6) is 0.891. The molecular formula is C23H32N2O6. The SMILES string of the molecule is COc1ccc(OCCOC(=O)CN2C(=O)NC3(CCC(C(C)(C)C)CC3)C2=O)cc1. The van der Waals surface area contributed by atoms with Gasteiger partial charge in [0.05, 0.1) is 7.11 Å². The maximum absolute atomic E-state index is 13.0. The van der Waals surface area contributed by atoms with E-state index >= 15 is 0 Å². The van der Waals surface area contributed by atoms with Gasteiger partial charge in [0.1, 0.15) is 36.8 Å². The maximum Gasteiger partial charge on any atom is 0.326 e. The number of ether oxygens (including phenoxy) is 3. The highest BCUT2D eigenvalue weighted by Gasteiger charge is 2.53. The molecule has 1 aromatic carbocycles. The number of amides is 3. The van der Waals surface area contributed by atoms with Crippen LogP contribution >= 0.6 is 0 Å². The number of methoxy groups -OCH3 is 1. The summed E-state index contributed by atoms with van der Waals surface area (Å²) in [5, 5.41) is 2.84. The number of hydrogen-bond acceptors (Lipinski definition) is 6. The lowest BCUT2D eigenvalue weighted by molar-refractivity contribution is -0.148. The Hall–Kier alpha value is -2.77. The fourth-order valence-corrected chi connectivity index (χ4v) is 4.30. The molecule has 1 saturated heterocycles. The van der Waals surface area contributed by atoms with Crippen LogP contribution in [0.5, 0.6) is 11.5 Å². The molecule has 31 heavy (non-hydrogen) atoms. The predicted octanol–water partition coefficient (Wildman–Crippen LogP) is 3.14. The molecule has 1 aliphatic heterocycles. The number of imide groups is 1. The molecule has 1 aromatic rings. The van der Waals surface area contributed by atoms with Gasteiger partial charge >= 0.3 is 12.0 Å². The number of rotatable bonds is 7. The number of urea groups is 1. The van der Waals surface area contributed by atoms with Crippen molar-refractivity contribution in [3.63, 3.8) is 0 Å². The van der Waals surface area contributed by atoms with Gasteiger partial charge in [-0.2, -0.15) is 0 Å². The first-order valence-corrected chi connectivity index (χ1v) is 10.7. The van der Waals surface area contributed by atoms with Gasteiger partial charge in [-0.25, -0.2) is 4.79 Å². The standard InChI is InChI=1S/C23H32N2O6/c1-22(2,3)16-9-11-23(12-10-16)20(27)25(21(28)24-23)15-19(26)31-14-13-30-18-7-5-17(29-4)6-8-18/h5-8,16H,9-15H2,1-4H3,(H,24,28). The van der Waals surface area contributed by atoms with Gasteiger partial charge in [-0.1, -0.05) is 20.8 Å². The van der Waals surface area contributed by atoms with Crippen LogP contribution in [0.2, 0.25) is 0 Å². The second kappa shape index (κ2) is 9.16. The smallest absolute Gasteiger partial charge is 0.326 e.